The predicted octanol–water partition coefficient (Wildman–Crippen LogP) is 6.18. The fourth-order valence-electron chi connectivity index (χ4n) is 4.11. The number of alkyl halides is 1. The number of fused-ring (bicyclic) bond motifs is 2. The normalized spacial score (nSPS) is 12.2. The van der Waals surface area contributed by atoms with Gasteiger partial charge in [0, 0.05) is 42.7 Å². The highest BCUT2D eigenvalue weighted by Gasteiger charge is 2.19. The summed E-state index contributed by atoms with van der Waals surface area (Å²) in [5.41, 5.74) is 3.32. The Kier molecular flexibility index (Phi) is 6.46. The van der Waals surface area contributed by atoms with E-state index in [1.54, 1.807) is 56.6 Å². The second-order valence-corrected chi connectivity index (χ2v) is 10.1. The molecule has 0 saturated carbocycles. The minimum absolute atomic E-state index is 0.0410. The second-order valence-electron chi connectivity index (χ2n) is 9.27. The number of aromatic nitrogens is 4. The van der Waals surface area contributed by atoms with Crippen molar-refractivity contribution in [2.24, 2.45) is 0 Å². The Hall–Kier alpha value is -4.71. The van der Waals surface area contributed by atoms with Gasteiger partial charge in [0.05, 0.1) is 24.4 Å². The molecule has 0 radical (unpaired) electrons. The van der Waals surface area contributed by atoms with E-state index in [-0.39, 0.29) is 24.2 Å². The van der Waals surface area contributed by atoms with E-state index >= 15 is 0 Å². The van der Waals surface area contributed by atoms with Crippen molar-refractivity contribution in [3.05, 3.63) is 71.2 Å². The lowest BCUT2D eigenvalue weighted by atomic mass is 10.1. The van der Waals surface area contributed by atoms with Crippen molar-refractivity contribution in [1.29, 1.82) is 0 Å². The Morgan fingerprint density at radius 1 is 1.15 bits per heavy atom. The molecular formula is C28H24FN5O5S. The van der Waals surface area contributed by atoms with Gasteiger partial charge in [0.1, 0.15) is 34.4 Å². The first-order valence-electron chi connectivity index (χ1n) is 12.3. The van der Waals surface area contributed by atoms with E-state index in [0.29, 0.717) is 34.1 Å². The Balaban J connectivity index is 1.23. The fourth-order valence-corrected chi connectivity index (χ4v) is 4.92. The molecule has 6 rings (SSSR count). The zero-order valence-electron chi connectivity index (χ0n) is 22.0. The van der Waals surface area contributed by atoms with E-state index in [2.05, 4.69) is 10.1 Å². The molecule has 4 heterocycles. The lowest BCUT2D eigenvalue weighted by molar-refractivity contribution is 0.0827. The van der Waals surface area contributed by atoms with Crippen LogP contribution in [0.15, 0.2) is 62.9 Å². The van der Waals surface area contributed by atoms with Crippen molar-refractivity contribution in [3.8, 4) is 33.5 Å². The standard InChI is InChI=1S/C28H24FN5O5S/c1-15(29)25-32-34-12-21(31-28(34)39-25)24-11-20-22(9-19(36-4)10-23(20)38-24)37-13-18-14-40-26(30-18)16-5-7-17(8-6-16)27(35)33(2)3/h5-12,14-15H,13H2,1-4H3. The predicted molar refractivity (Wildman–Crippen MR) is 146 cm³/mol. The number of nitrogens with zero attached hydrogens (tertiary/aromatic N) is 5. The van der Waals surface area contributed by atoms with Gasteiger partial charge >= 0.3 is 5.84 Å². The van der Waals surface area contributed by atoms with Crippen molar-refractivity contribution in [2.45, 2.75) is 19.7 Å². The Labute approximate surface area is 231 Å². The molecule has 0 aliphatic rings. The molecule has 6 aromatic rings. The summed E-state index contributed by atoms with van der Waals surface area (Å²) in [5.74, 6) is 1.67. The minimum atomic E-state index is -1.34. The van der Waals surface area contributed by atoms with Crippen LogP contribution in [0.4, 0.5) is 4.39 Å². The molecule has 1 amide bonds. The van der Waals surface area contributed by atoms with Crippen LogP contribution in [0.1, 0.15) is 35.0 Å². The van der Waals surface area contributed by atoms with Crippen molar-refractivity contribution in [1.82, 2.24) is 24.5 Å². The summed E-state index contributed by atoms with van der Waals surface area (Å²) in [7, 11) is 5.01. The molecule has 204 valence electrons. The number of benzene rings is 2. The first kappa shape index (κ1) is 25.6. The van der Waals surface area contributed by atoms with Crippen LogP contribution in [-0.2, 0) is 6.61 Å². The van der Waals surface area contributed by atoms with E-state index in [1.165, 1.54) is 22.8 Å². The first-order valence-corrected chi connectivity index (χ1v) is 13.2. The van der Waals surface area contributed by atoms with Crippen molar-refractivity contribution < 1.29 is 27.5 Å². The summed E-state index contributed by atoms with van der Waals surface area (Å²) in [6, 6.07) is 12.7. The van der Waals surface area contributed by atoms with Crippen LogP contribution in [0.5, 0.6) is 11.5 Å². The number of rotatable bonds is 8. The average molecular weight is 562 g/mol. The molecule has 0 fully saturated rings. The van der Waals surface area contributed by atoms with E-state index in [9.17, 15) is 9.18 Å². The molecule has 0 N–H and O–H groups in total. The van der Waals surface area contributed by atoms with Gasteiger partial charge in [0.25, 0.3) is 11.8 Å². The Morgan fingerprint density at radius 3 is 2.65 bits per heavy atom. The summed E-state index contributed by atoms with van der Waals surface area (Å²) in [4.78, 5) is 22.8. The summed E-state index contributed by atoms with van der Waals surface area (Å²) < 4.78 is 37.9. The number of thiazole rings is 1. The molecular weight excluding hydrogens is 537 g/mol. The molecule has 40 heavy (non-hydrogen) atoms. The maximum Gasteiger partial charge on any atom is 0.325 e. The molecule has 2 aromatic carbocycles. The largest absolute Gasteiger partial charge is 0.496 e. The van der Waals surface area contributed by atoms with Crippen LogP contribution in [0.2, 0.25) is 0 Å². The van der Waals surface area contributed by atoms with Crippen LogP contribution < -0.4 is 9.47 Å². The smallest absolute Gasteiger partial charge is 0.325 e. The van der Waals surface area contributed by atoms with Gasteiger partial charge in [-0.3, -0.25) is 4.79 Å². The monoisotopic (exact) mass is 561 g/mol. The van der Waals surface area contributed by atoms with Gasteiger partial charge in [-0.2, -0.15) is 9.50 Å². The van der Waals surface area contributed by atoms with E-state index in [1.807, 2.05) is 23.6 Å². The van der Waals surface area contributed by atoms with Crippen molar-refractivity contribution >= 4 is 34.1 Å². The fraction of sp³-hybridized carbons (Fsp3) is 0.214. The van der Waals surface area contributed by atoms with Gasteiger partial charge in [-0.15, -0.1) is 16.4 Å². The zero-order chi connectivity index (χ0) is 28.0. The zero-order valence-corrected chi connectivity index (χ0v) is 22.9. The third-order valence-electron chi connectivity index (χ3n) is 6.17. The SMILES string of the molecule is COc1cc(OCc2csc(-c3ccc(C(=O)N(C)C)cc3)n2)c2cc(-c3cn4nc(C(C)F)oc4n3)oc2c1. The summed E-state index contributed by atoms with van der Waals surface area (Å²) >= 11 is 1.50. The van der Waals surface area contributed by atoms with E-state index in [0.717, 1.165) is 21.7 Å². The van der Waals surface area contributed by atoms with Gasteiger partial charge in [0.2, 0.25) is 0 Å². The lowest BCUT2D eigenvalue weighted by Gasteiger charge is -2.10. The number of ether oxygens (including phenoxy) is 2. The number of hydrogen-bond acceptors (Lipinski definition) is 9. The summed E-state index contributed by atoms with van der Waals surface area (Å²) in [6.07, 6.45) is 0.275. The number of furan rings is 1. The molecule has 0 spiro atoms. The van der Waals surface area contributed by atoms with Crippen LogP contribution in [0.25, 0.3) is 38.8 Å². The highest BCUT2D eigenvalue weighted by Crippen LogP contribution is 2.37. The van der Waals surface area contributed by atoms with Gasteiger partial charge in [-0.1, -0.05) is 12.1 Å². The molecule has 0 aliphatic heterocycles. The number of amides is 1. The third-order valence-corrected chi connectivity index (χ3v) is 7.11. The van der Waals surface area contributed by atoms with Gasteiger partial charge in [-0.25, -0.2) is 9.37 Å². The average Bonchev–Trinajstić information content (AvgIpc) is 3.73. The molecule has 12 heteroatoms. The van der Waals surface area contributed by atoms with Gasteiger partial charge < -0.3 is 23.2 Å². The van der Waals surface area contributed by atoms with Gasteiger partial charge in [0.15, 0.2) is 11.9 Å². The number of imidazole rings is 1. The van der Waals surface area contributed by atoms with Crippen molar-refractivity contribution in [3.63, 3.8) is 0 Å². The van der Waals surface area contributed by atoms with E-state index < -0.39 is 6.17 Å². The number of hydrogen-bond donors (Lipinski definition) is 0. The molecule has 1 unspecified atom stereocenters. The van der Waals surface area contributed by atoms with Crippen LogP contribution >= 0.6 is 11.3 Å². The summed E-state index contributed by atoms with van der Waals surface area (Å²) in [5, 5.41) is 7.55. The number of carbonyl (C=O) groups is 1. The highest BCUT2D eigenvalue weighted by molar-refractivity contribution is 7.13. The molecule has 0 aliphatic carbocycles. The minimum Gasteiger partial charge on any atom is -0.496 e. The maximum atomic E-state index is 13.5. The maximum absolute atomic E-state index is 13.5. The number of halogens is 1. The van der Waals surface area contributed by atoms with Crippen molar-refractivity contribution in [2.75, 3.05) is 21.2 Å². The highest BCUT2D eigenvalue weighted by atomic mass is 32.1. The van der Waals surface area contributed by atoms with Crippen LogP contribution in [-0.4, -0.2) is 51.6 Å². The molecule has 10 nitrogen and oxygen atoms in total. The molecule has 4 aromatic heterocycles. The molecule has 0 saturated heterocycles. The van der Waals surface area contributed by atoms with Crippen LogP contribution in [0.3, 0.4) is 0 Å². The van der Waals surface area contributed by atoms with Gasteiger partial charge in [-0.05, 0) is 25.1 Å². The quantitative estimate of drug-likeness (QED) is 0.217. The Bertz CT molecular complexity index is 1800. The Morgan fingerprint density at radius 2 is 1.95 bits per heavy atom. The number of methoxy groups -OCH3 is 1. The first-order chi connectivity index (χ1) is 19.3. The topological polar surface area (TPSA) is 108 Å². The van der Waals surface area contributed by atoms with E-state index in [4.69, 9.17) is 23.3 Å². The molecule has 1 atom stereocenters. The van der Waals surface area contributed by atoms with Crippen LogP contribution in [0, 0.1) is 0 Å². The third kappa shape index (κ3) is 4.77. The second kappa shape index (κ2) is 10.1. The molecule has 0 bridgehead atoms. The lowest BCUT2D eigenvalue weighted by Crippen LogP contribution is -2.21. The number of carbonyl (C=O) groups excluding carboxylic acids is 1. The summed E-state index contributed by atoms with van der Waals surface area (Å²) in [6.45, 7) is 1.57.